The highest BCUT2D eigenvalue weighted by atomic mass is 32.1. The average molecular weight is 386 g/mol. The molecule has 2 fully saturated rings. The molecule has 2 aromatic rings. The fraction of sp³-hybridized carbons (Fsp3) is 0.474. The molecule has 0 spiro atoms. The second-order valence-corrected chi connectivity index (χ2v) is 7.79. The molecule has 0 aromatic carbocycles. The molecule has 0 N–H and O–H groups in total. The Kier molecular flexibility index (Phi) is 5.45. The Morgan fingerprint density at radius 3 is 2.85 bits per heavy atom. The van der Waals surface area contributed by atoms with E-state index in [4.69, 9.17) is 4.74 Å². The summed E-state index contributed by atoms with van der Waals surface area (Å²) < 4.78 is 5.96. The number of amides is 2. The second-order valence-electron chi connectivity index (χ2n) is 6.92. The van der Waals surface area contributed by atoms with Crippen LogP contribution in [0.3, 0.4) is 0 Å². The van der Waals surface area contributed by atoms with Crippen LogP contribution >= 0.6 is 11.3 Å². The van der Waals surface area contributed by atoms with Gasteiger partial charge in [0.25, 0.3) is 0 Å². The Morgan fingerprint density at radius 2 is 2.15 bits per heavy atom. The number of ether oxygens (including phenoxy) is 1. The Labute approximate surface area is 162 Å². The first kappa shape index (κ1) is 18.1. The summed E-state index contributed by atoms with van der Waals surface area (Å²) in [6.45, 7) is 2.34. The molecule has 0 saturated carbocycles. The Morgan fingerprint density at radius 1 is 1.30 bits per heavy atom. The van der Waals surface area contributed by atoms with Crippen LogP contribution in [-0.2, 0) is 20.9 Å². The molecule has 8 heteroatoms. The number of carbonyl (C=O) groups is 2. The number of nitrogens with zero attached hydrogens (tertiary/aromatic N) is 4. The van der Waals surface area contributed by atoms with E-state index in [0.29, 0.717) is 31.4 Å². The van der Waals surface area contributed by atoms with Gasteiger partial charge < -0.3 is 9.64 Å². The third-order valence-electron chi connectivity index (χ3n) is 5.09. The molecule has 27 heavy (non-hydrogen) atoms. The molecule has 2 aliphatic rings. The SMILES string of the molecule is O=C(C1CC(=O)N(c2nccs2)C1)N1CCC(OCc2cccnc2)CC1. The third-order valence-corrected chi connectivity index (χ3v) is 5.88. The number of likely N-dealkylation sites (tertiary alicyclic amines) is 1. The van der Waals surface area contributed by atoms with Crippen molar-refractivity contribution in [2.75, 3.05) is 24.5 Å². The van der Waals surface area contributed by atoms with E-state index in [1.54, 1.807) is 17.3 Å². The molecule has 4 heterocycles. The van der Waals surface area contributed by atoms with Crippen molar-refractivity contribution in [1.82, 2.24) is 14.9 Å². The summed E-state index contributed by atoms with van der Waals surface area (Å²) >= 11 is 1.43. The normalized spacial score (nSPS) is 21.0. The van der Waals surface area contributed by atoms with Gasteiger partial charge >= 0.3 is 0 Å². The lowest BCUT2D eigenvalue weighted by atomic mass is 10.0. The number of carbonyl (C=O) groups excluding carboxylic acids is 2. The van der Waals surface area contributed by atoms with Crippen molar-refractivity contribution < 1.29 is 14.3 Å². The van der Waals surface area contributed by atoms with Gasteiger partial charge in [0, 0.05) is 50.0 Å². The summed E-state index contributed by atoms with van der Waals surface area (Å²) in [5.41, 5.74) is 1.06. The van der Waals surface area contributed by atoms with Gasteiger partial charge in [-0.15, -0.1) is 11.3 Å². The molecule has 142 valence electrons. The molecule has 0 radical (unpaired) electrons. The van der Waals surface area contributed by atoms with Crippen LogP contribution in [0.4, 0.5) is 5.13 Å². The summed E-state index contributed by atoms with van der Waals surface area (Å²) in [6.07, 6.45) is 7.31. The molecule has 1 unspecified atom stereocenters. The minimum atomic E-state index is -0.269. The predicted octanol–water partition coefficient (Wildman–Crippen LogP) is 2.10. The van der Waals surface area contributed by atoms with Gasteiger partial charge in [-0.05, 0) is 24.5 Å². The Bertz CT molecular complexity index is 776. The first-order valence-corrected chi connectivity index (χ1v) is 10.1. The second kappa shape index (κ2) is 8.14. The number of pyridine rings is 1. The molecule has 4 rings (SSSR count). The molecular weight excluding hydrogens is 364 g/mol. The highest BCUT2D eigenvalue weighted by molar-refractivity contribution is 7.13. The third kappa shape index (κ3) is 4.17. The van der Waals surface area contributed by atoms with Crippen LogP contribution in [0.15, 0.2) is 36.1 Å². The smallest absolute Gasteiger partial charge is 0.229 e. The van der Waals surface area contributed by atoms with Crippen LogP contribution < -0.4 is 4.90 Å². The fourth-order valence-electron chi connectivity index (χ4n) is 3.61. The first-order chi connectivity index (χ1) is 13.2. The zero-order chi connectivity index (χ0) is 18.6. The number of piperidine rings is 1. The monoisotopic (exact) mass is 386 g/mol. The highest BCUT2D eigenvalue weighted by Crippen LogP contribution is 2.28. The number of hydrogen-bond acceptors (Lipinski definition) is 6. The summed E-state index contributed by atoms with van der Waals surface area (Å²) in [6, 6.07) is 3.90. The lowest BCUT2D eigenvalue weighted by Crippen LogP contribution is -2.44. The molecule has 2 saturated heterocycles. The van der Waals surface area contributed by atoms with Crippen molar-refractivity contribution in [1.29, 1.82) is 0 Å². The maximum Gasteiger partial charge on any atom is 0.229 e. The quantitative estimate of drug-likeness (QED) is 0.787. The van der Waals surface area contributed by atoms with Crippen molar-refractivity contribution in [2.45, 2.75) is 32.0 Å². The van der Waals surface area contributed by atoms with Gasteiger partial charge in [0.2, 0.25) is 11.8 Å². The number of hydrogen-bond donors (Lipinski definition) is 0. The van der Waals surface area contributed by atoms with E-state index in [1.807, 2.05) is 28.6 Å². The lowest BCUT2D eigenvalue weighted by molar-refractivity contribution is -0.138. The number of rotatable bonds is 5. The molecule has 2 aliphatic heterocycles. The first-order valence-electron chi connectivity index (χ1n) is 9.20. The van der Waals surface area contributed by atoms with E-state index in [2.05, 4.69) is 9.97 Å². The maximum atomic E-state index is 12.8. The van der Waals surface area contributed by atoms with Crippen molar-refractivity contribution >= 4 is 28.3 Å². The maximum absolute atomic E-state index is 12.8. The van der Waals surface area contributed by atoms with Crippen molar-refractivity contribution in [2.24, 2.45) is 5.92 Å². The van der Waals surface area contributed by atoms with E-state index >= 15 is 0 Å². The molecule has 0 bridgehead atoms. The lowest BCUT2D eigenvalue weighted by Gasteiger charge is -2.33. The summed E-state index contributed by atoms with van der Waals surface area (Å²) in [5, 5.41) is 2.52. The molecule has 7 nitrogen and oxygen atoms in total. The molecule has 2 aromatic heterocycles. The largest absolute Gasteiger partial charge is 0.373 e. The van der Waals surface area contributed by atoms with Gasteiger partial charge in [0.1, 0.15) is 0 Å². The van der Waals surface area contributed by atoms with E-state index in [9.17, 15) is 9.59 Å². The molecular formula is C19H22N4O3S. The highest BCUT2D eigenvalue weighted by Gasteiger charge is 2.38. The Balaban J connectivity index is 1.26. The number of anilines is 1. The van der Waals surface area contributed by atoms with Gasteiger partial charge in [0.15, 0.2) is 5.13 Å². The molecule has 0 aliphatic carbocycles. The van der Waals surface area contributed by atoms with Crippen LogP contribution in [0.1, 0.15) is 24.8 Å². The summed E-state index contributed by atoms with van der Waals surface area (Å²) in [7, 11) is 0. The van der Waals surface area contributed by atoms with Gasteiger partial charge in [0.05, 0.1) is 18.6 Å². The predicted molar refractivity (Wildman–Crippen MR) is 101 cm³/mol. The number of aromatic nitrogens is 2. The van der Waals surface area contributed by atoms with Crippen molar-refractivity contribution in [3.05, 3.63) is 41.7 Å². The zero-order valence-corrected chi connectivity index (χ0v) is 15.8. The van der Waals surface area contributed by atoms with Crippen molar-refractivity contribution in [3.63, 3.8) is 0 Å². The van der Waals surface area contributed by atoms with Crippen LogP contribution in [0.5, 0.6) is 0 Å². The fourth-order valence-corrected chi connectivity index (χ4v) is 4.27. The van der Waals surface area contributed by atoms with E-state index in [-0.39, 0.29) is 30.3 Å². The topological polar surface area (TPSA) is 75.6 Å². The van der Waals surface area contributed by atoms with Gasteiger partial charge in [-0.1, -0.05) is 6.07 Å². The summed E-state index contributed by atoms with van der Waals surface area (Å²) in [5.74, 6) is -0.208. The van der Waals surface area contributed by atoms with Crippen LogP contribution in [-0.4, -0.2) is 52.4 Å². The van der Waals surface area contributed by atoms with Gasteiger partial charge in [-0.3, -0.25) is 19.5 Å². The minimum absolute atomic E-state index is 0.0158. The summed E-state index contributed by atoms with van der Waals surface area (Å²) in [4.78, 5) is 36.9. The van der Waals surface area contributed by atoms with Crippen LogP contribution in [0.2, 0.25) is 0 Å². The average Bonchev–Trinajstić information content (AvgIpc) is 3.36. The van der Waals surface area contributed by atoms with Gasteiger partial charge in [-0.25, -0.2) is 4.98 Å². The number of thiazole rings is 1. The van der Waals surface area contributed by atoms with Gasteiger partial charge in [-0.2, -0.15) is 0 Å². The van der Waals surface area contributed by atoms with E-state index in [0.717, 1.165) is 18.4 Å². The van der Waals surface area contributed by atoms with E-state index in [1.165, 1.54) is 11.3 Å². The van der Waals surface area contributed by atoms with E-state index < -0.39 is 0 Å². The molecule has 1 atom stereocenters. The standard InChI is InChI=1S/C19H22N4O3S/c24-17-10-15(12-23(17)19-21-6-9-27-19)18(25)22-7-3-16(4-8-22)26-13-14-2-1-5-20-11-14/h1-2,5-6,9,11,15-16H,3-4,7-8,10,12-13H2. The van der Waals surface area contributed by atoms with Crippen molar-refractivity contribution in [3.8, 4) is 0 Å². The Hall–Kier alpha value is -2.32. The minimum Gasteiger partial charge on any atom is -0.373 e. The van der Waals surface area contributed by atoms with Crippen LogP contribution in [0.25, 0.3) is 0 Å². The zero-order valence-electron chi connectivity index (χ0n) is 15.0. The van der Waals surface area contributed by atoms with Crippen LogP contribution in [0, 0.1) is 5.92 Å². The molecule has 2 amide bonds.